The third-order valence-electron chi connectivity index (χ3n) is 5.97. The molecule has 1 saturated carbocycles. The van der Waals surface area contributed by atoms with Gasteiger partial charge in [-0.3, -0.25) is 0 Å². The number of piperidine rings is 1. The lowest BCUT2D eigenvalue weighted by Gasteiger charge is -2.40. The van der Waals surface area contributed by atoms with Crippen molar-refractivity contribution in [2.45, 2.75) is 69.3 Å². The van der Waals surface area contributed by atoms with E-state index in [0.717, 1.165) is 23.9 Å². The Bertz CT molecular complexity index is 1010. The van der Waals surface area contributed by atoms with Gasteiger partial charge in [-0.05, 0) is 70.1 Å². The lowest BCUT2D eigenvalue weighted by atomic mass is 9.90. The number of nitrogens with zero attached hydrogens (tertiary/aromatic N) is 2. The Hall–Kier alpha value is -2.13. The van der Waals surface area contributed by atoms with Gasteiger partial charge in [0.05, 0.1) is 5.25 Å². The fourth-order valence-electron chi connectivity index (χ4n) is 4.35. The second kappa shape index (κ2) is 7.85. The molecular formula is C21H30N4O4S. The molecule has 0 unspecified atom stereocenters. The molecule has 2 aromatic rings. The molecule has 2 fully saturated rings. The lowest BCUT2D eigenvalue weighted by Crippen LogP contribution is -2.54. The number of ether oxygens (including phenoxy) is 1. The number of H-pyrrole nitrogens is 1. The summed E-state index contributed by atoms with van der Waals surface area (Å²) in [5.74, 6) is 0.331. The van der Waals surface area contributed by atoms with E-state index in [4.69, 9.17) is 4.74 Å². The number of carbonyl (C=O) groups excluding carboxylic acids is 1. The molecule has 0 aromatic carbocycles. The number of amides is 1. The molecule has 4 rings (SSSR count). The Morgan fingerprint density at radius 1 is 1.27 bits per heavy atom. The largest absolute Gasteiger partial charge is 0.444 e. The highest BCUT2D eigenvalue weighted by Crippen LogP contribution is 2.36. The highest BCUT2D eigenvalue weighted by Gasteiger charge is 2.43. The average molecular weight is 435 g/mol. The van der Waals surface area contributed by atoms with Crippen molar-refractivity contribution in [1.82, 2.24) is 19.6 Å². The summed E-state index contributed by atoms with van der Waals surface area (Å²) in [7, 11) is -3.34. The summed E-state index contributed by atoms with van der Waals surface area (Å²) in [4.78, 5) is 19.4. The highest BCUT2D eigenvalue weighted by molar-refractivity contribution is 7.89. The van der Waals surface area contributed by atoms with E-state index in [-0.39, 0.29) is 6.04 Å². The summed E-state index contributed by atoms with van der Waals surface area (Å²) >= 11 is 0. The number of sulfonamides is 1. The Kier molecular flexibility index (Phi) is 5.52. The van der Waals surface area contributed by atoms with Gasteiger partial charge < -0.3 is 15.0 Å². The van der Waals surface area contributed by atoms with E-state index < -0.39 is 27.0 Å². The smallest absolute Gasteiger partial charge is 0.407 e. The van der Waals surface area contributed by atoms with Crippen LogP contribution in [-0.4, -0.2) is 58.8 Å². The zero-order valence-electron chi connectivity index (χ0n) is 17.7. The van der Waals surface area contributed by atoms with Crippen LogP contribution in [0, 0.1) is 0 Å². The van der Waals surface area contributed by atoms with Crippen molar-refractivity contribution in [2.24, 2.45) is 0 Å². The van der Waals surface area contributed by atoms with Crippen LogP contribution >= 0.6 is 0 Å². The molecule has 9 heteroatoms. The maximum absolute atomic E-state index is 13.0. The van der Waals surface area contributed by atoms with E-state index in [1.165, 1.54) is 5.56 Å². The molecule has 1 saturated heterocycles. The number of nitrogens with one attached hydrogen (secondary N) is 2. The maximum atomic E-state index is 13.0. The van der Waals surface area contributed by atoms with Gasteiger partial charge in [-0.15, -0.1) is 0 Å². The van der Waals surface area contributed by atoms with Gasteiger partial charge in [-0.2, -0.15) is 0 Å². The van der Waals surface area contributed by atoms with Crippen LogP contribution in [-0.2, 0) is 14.8 Å². The molecule has 30 heavy (non-hydrogen) atoms. The van der Waals surface area contributed by atoms with Gasteiger partial charge in [-0.1, -0.05) is 0 Å². The van der Waals surface area contributed by atoms with Gasteiger partial charge >= 0.3 is 6.09 Å². The van der Waals surface area contributed by atoms with Crippen molar-refractivity contribution in [3.63, 3.8) is 0 Å². The molecule has 0 atom stereocenters. The van der Waals surface area contributed by atoms with Crippen LogP contribution in [0.4, 0.5) is 4.79 Å². The molecule has 2 aromatic heterocycles. The van der Waals surface area contributed by atoms with Crippen molar-refractivity contribution in [1.29, 1.82) is 0 Å². The monoisotopic (exact) mass is 434 g/mol. The van der Waals surface area contributed by atoms with Crippen LogP contribution in [0.3, 0.4) is 0 Å². The number of hydrogen-bond donors (Lipinski definition) is 2. The predicted molar refractivity (Wildman–Crippen MR) is 115 cm³/mol. The van der Waals surface area contributed by atoms with Crippen LogP contribution < -0.4 is 5.32 Å². The molecule has 164 valence electrons. The van der Waals surface area contributed by atoms with Crippen LogP contribution in [0.25, 0.3) is 11.0 Å². The Labute approximate surface area is 177 Å². The molecule has 2 N–H and O–H groups in total. The summed E-state index contributed by atoms with van der Waals surface area (Å²) in [6.07, 6.45) is 5.76. The maximum Gasteiger partial charge on any atom is 0.407 e. The summed E-state index contributed by atoms with van der Waals surface area (Å²) in [5.41, 5.74) is 1.53. The van der Waals surface area contributed by atoms with Crippen LogP contribution in [0.15, 0.2) is 24.5 Å². The summed E-state index contributed by atoms with van der Waals surface area (Å²) in [5, 5.41) is 3.46. The van der Waals surface area contributed by atoms with Gasteiger partial charge in [0, 0.05) is 36.9 Å². The minimum absolute atomic E-state index is 0.143. The number of rotatable bonds is 4. The normalized spacial score (nSPS) is 23.8. The first kappa shape index (κ1) is 21.1. The third kappa shape index (κ3) is 4.32. The third-order valence-corrected chi connectivity index (χ3v) is 8.29. The fourth-order valence-corrected chi connectivity index (χ4v) is 6.44. The number of fused-ring (bicyclic) bond motifs is 1. The number of alkyl carbamates (subject to hydrolysis) is 1. The van der Waals surface area contributed by atoms with Crippen molar-refractivity contribution in [3.05, 3.63) is 30.1 Å². The summed E-state index contributed by atoms with van der Waals surface area (Å²) in [6, 6.07) is 3.84. The van der Waals surface area contributed by atoms with E-state index >= 15 is 0 Å². The van der Waals surface area contributed by atoms with Crippen molar-refractivity contribution in [2.75, 3.05) is 13.1 Å². The quantitative estimate of drug-likeness (QED) is 0.769. The van der Waals surface area contributed by atoms with E-state index in [1.807, 2.05) is 12.3 Å². The summed E-state index contributed by atoms with van der Waals surface area (Å²) in [6.45, 7) is 6.46. The molecule has 0 radical (unpaired) electrons. The Balaban J connectivity index is 1.30. The second-order valence-electron chi connectivity index (χ2n) is 9.30. The molecule has 2 aliphatic rings. The number of aromatic nitrogens is 2. The van der Waals surface area contributed by atoms with E-state index in [1.54, 1.807) is 31.3 Å². The van der Waals surface area contributed by atoms with Gasteiger partial charge in [0.2, 0.25) is 10.0 Å². The summed E-state index contributed by atoms with van der Waals surface area (Å²) < 4.78 is 32.9. The first-order valence-corrected chi connectivity index (χ1v) is 12.0. The Morgan fingerprint density at radius 3 is 2.63 bits per heavy atom. The number of hydrogen-bond acceptors (Lipinski definition) is 5. The molecular weight excluding hydrogens is 404 g/mol. The SMILES string of the molecule is CC(C)(C)OC(=O)N[C@H]1C[C@@H](S(=O)(=O)N2CCC(c3c[nH]c4ncccc34)CC2)C1. The van der Waals surface area contributed by atoms with Crippen molar-refractivity contribution < 1.29 is 17.9 Å². The van der Waals surface area contributed by atoms with Crippen LogP contribution in [0.1, 0.15) is 57.9 Å². The van der Waals surface area contributed by atoms with E-state index in [2.05, 4.69) is 21.4 Å². The average Bonchev–Trinajstić information content (AvgIpc) is 3.07. The molecule has 8 nitrogen and oxygen atoms in total. The minimum atomic E-state index is -3.34. The molecule has 1 aliphatic heterocycles. The van der Waals surface area contributed by atoms with E-state index in [0.29, 0.717) is 31.8 Å². The van der Waals surface area contributed by atoms with E-state index in [9.17, 15) is 13.2 Å². The molecule has 3 heterocycles. The van der Waals surface area contributed by atoms with Gasteiger partial charge in [-0.25, -0.2) is 22.5 Å². The number of pyridine rings is 1. The minimum Gasteiger partial charge on any atom is -0.444 e. The van der Waals surface area contributed by atoms with Gasteiger partial charge in [0.25, 0.3) is 0 Å². The van der Waals surface area contributed by atoms with Crippen LogP contribution in [0.2, 0.25) is 0 Å². The zero-order chi connectivity index (χ0) is 21.5. The predicted octanol–water partition coefficient (Wildman–Crippen LogP) is 3.13. The molecule has 1 aliphatic carbocycles. The second-order valence-corrected chi connectivity index (χ2v) is 11.5. The first-order valence-electron chi connectivity index (χ1n) is 10.5. The first-order chi connectivity index (χ1) is 14.1. The fraction of sp³-hybridized carbons (Fsp3) is 0.619. The number of aromatic amines is 1. The van der Waals surface area contributed by atoms with Crippen LogP contribution in [0.5, 0.6) is 0 Å². The standard InChI is InChI=1S/C21H30N4O4S/c1-21(2,3)29-20(26)24-15-11-16(12-15)30(27,28)25-9-6-14(7-10-25)18-13-23-19-17(18)5-4-8-22-19/h4-5,8,13-16H,6-7,9-12H2,1-3H3,(H,22,23)(H,24,26)/t15-,16+. The van der Waals surface area contributed by atoms with Crippen molar-refractivity contribution in [3.8, 4) is 0 Å². The van der Waals surface area contributed by atoms with Gasteiger partial charge in [0.15, 0.2) is 0 Å². The lowest BCUT2D eigenvalue weighted by molar-refractivity contribution is 0.0480. The zero-order valence-corrected chi connectivity index (χ0v) is 18.5. The van der Waals surface area contributed by atoms with Crippen molar-refractivity contribution >= 4 is 27.1 Å². The molecule has 0 spiro atoms. The molecule has 0 bridgehead atoms. The number of carbonyl (C=O) groups is 1. The topological polar surface area (TPSA) is 104 Å². The highest BCUT2D eigenvalue weighted by atomic mass is 32.2. The Morgan fingerprint density at radius 2 is 1.97 bits per heavy atom. The molecule has 1 amide bonds. The van der Waals surface area contributed by atoms with Gasteiger partial charge in [0.1, 0.15) is 11.2 Å².